The molecule has 2 heterocycles. The highest BCUT2D eigenvalue weighted by molar-refractivity contribution is 6.30. The van der Waals surface area contributed by atoms with Crippen molar-refractivity contribution in [3.63, 3.8) is 0 Å². The minimum absolute atomic E-state index is 0.123. The summed E-state index contributed by atoms with van der Waals surface area (Å²) in [6, 6.07) is 11.3. The van der Waals surface area contributed by atoms with E-state index in [0.717, 1.165) is 11.3 Å². The van der Waals surface area contributed by atoms with Crippen LogP contribution in [0.15, 0.2) is 48.7 Å². The molecule has 12 heteroatoms. The molecule has 0 spiro atoms. The second kappa shape index (κ2) is 14.8. The van der Waals surface area contributed by atoms with Gasteiger partial charge in [-0.15, -0.1) is 0 Å². The van der Waals surface area contributed by atoms with Crippen molar-refractivity contribution in [2.24, 2.45) is 11.7 Å². The maximum absolute atomic E-state index is 14.0. The Morgan fingerprint density at radius 2 is 1.88 bits per heavy atom. The number of ether oxygens (including phenoxy) is 2. The van der Waals surface area contributed by atoms with Gasteiger partial charge >= 0.3 is 12.6 Å². The smallest absolute Gasteiger partial charge is 0.345 e. The summed E-state index contributed by atoms with van der Waals surface area (Å²) in [6.07, 6.45) is 3.31. The number of nitrogens with one attached hydrogen (secondary N) is 2. The van der Waals surface area contributed by atoms with Crippen molar-refractivity contribution >= 4 is 29.4 Å². The summed E-state index contributed by atoms with van der Waals surface area (Å²) in [7, 11) is 0. The molecule has 230 valence electrons. The molecule has 42 heavy (non-hydrogen) atoms. The number of pyridine rings is 1. The van der Waals surface area contributed by atoms with Gasteiger partial charge in [-0.2, -0.15) is 8.78 Å². The molecule has 4 N–H and O–H groups in total. The molecule has 1 fully saturated rings. The van der Waals surface area contributed by atoms with Gasteiger partial charge in [0.25, 0.3) is 0 Å². The Morgan fingerprint density at radius 1 is 1.17 bits per heavy atom. The van der Waals surface area contributed by atoms with E-state index in [9.17, 15) is 23.2 Å². The summed E-state index contributed by atoms with van der Waals surface area (Å²) in [4.78, 5) is 44.7. The number of piperidine rings is 1. The van der Waals surface area contributed by atoms with Gasteiger partial charge in [0.05, 0.1) is 24.5 Å². The number of halogens is 3. The minimum Gasteiger partial charge on any atom is -0.460 e. The van der Waals surface area contributed by atoms with Gasteiger partial charge in [0.1, 0.15) is 11.6 Å². The molecule has 0 aliphatic carbocycles. The lowest BCUT2D eigenvalue weighted by Gasteiger charge is -2.45. The fourth-order valence-electron chi connectivity index (χ4n) is 5.12. The van der Waals surface area contributed by atoms with E-state index in [1.54, 1.807) is 44.0 Å². The second-order valence-corrected chi connectivity index (χ2v) is 12.2. The fourth-order valence-corrected chi connectivity index (χ4v) is 5.25. The van der Waals surface area contributed by atoms with Crippen LogP contribution in [-0.2, 0) is 36.7 Å². The summed E-state index contributed by atoms with van der Waals surface area (Å²) < 4.78 is 34.9. The standard InChI is InChI=1S/C30H39ClF2N4O5/c1-29(2,3)42-25(38)16-21(15-23-7-4-5-13-35-23)27(40)37-14-6-12-30(19-37,17-20-8-10-22(31)11-9-20)36-26(39)24(34)18-41-28(32)33/h4-5,7-11,13,21,24,28H,6,12,14-19,34H2,1-3H3,(H,36,39)/p+1/t21-,24+,30-/m1/s1. The lowest BCUT2D eigenvalue weighted by molar-refractivity contribution is -0.390. The lowest BCUT2D eigenvalue weighted by Crippen LogP contribution is -2.64. The van der Waals surface area contributed by atoms with Crippen LogP contribution in [0.2, 0.25) is 5.02 Å². The number of nitrogens with two attached hydrogens (primary N) is 1. The number of carbonyl (C=O) groups excluding carboxylic acids is 3. The Bertz CT molecular complexity index is 1200. The van der Waals surface area contributed by atoms with Crippen molar-refractivity contribution in [3.05, 3.63) is 64.9 Å². The van der Waals surface area contributed by atoms with E-state index in [0.29, 0.717) is 30.8 Å². The SMILES string of the molecule is CC(C)(C)OC(=O)C[C@@H](Cc1cccc[nH+]1)C(=O)N1CCC[C@](Cc2ccc(Cl)cc2)(NC(=O)[C@@H](N)COC(F)F)C1. The molecular weight excluding hydrogens is 570 g/mol. The molecule has 1 aliphatic rings. The molecule has 0 radical (unpaired) electrons. The number of rotatable bonds is 12. The van der Waals surface area contributed by atoms with Crippen LogP contribution in [-0.4, -0.2) is 66.2 Å². The molecule has 1 aromatic heterocycles. The summed E-state index contributed by atoms with van der Waals surface area (Å²) in [5.74, 6) is -2.12. The predicted molar refractivity (Wildman–Crippen MR) is 152 cm³/mol. The van der Waals surface area contributed by atoms with Crippen molar-refractivity contribution in [2.45, 2.75) is 76.7 Å². The number of benzene rings is 1. The molecule has 1 aromatic carbocycles. The van der Waals surface area contributed by atoms with Gasteiger partial charge in [0.15, 0.2) is 11.9 Å². The molecule has 9 nitrogen and oxygen atoms in total. The van der Waals surface area contributed by atoms with Crippen LogP contribution < -0.4 is 16.0 Å². The van der Waals surface area contributed by atoms with Gasteiger partial charge < -0.3 is 25.4 Å². The van der Waals surface area contributed by atoms with E-state index >= 15 is 0 Å². The van der Waals surface area contributed by atoms with Crippen molar-refractivity contribution in [3.8, 4) is 0 Å². The summed E-state index contributed by atoms with van der Waals surface area (Å²) in [5, 5.41) is 3.50. The first-order valence-electron chi connectivity index (χ1n) is 13.9. The lowest BCUT2D eigenvalue weighted by atomic mass is 9.82. The van der Waals surface area contributed by atoms with E-state index < -0.39 is 48.2 Å². The van der Waals surface area contributed by atoms with Crippen molar-refractivity contribution in [1.82, 2.24) is 10.2 Å². The van der Waals surface area contributed by atoms with E-state index in [-0.39, 0.29) is 25.3 Å². The van der Waals surface area contributed by atoms with Crippen LogP contribution in [0.1, 0.15) is 51.3 Å². The molecule has 1 saturated heterocycles. The van der Waals surface area contributed by atoms with Crippen molar-refractivity contribution in [1.29, 1.82) is 0 Å². The van der Waals surface area contributed by atoms with Crippen LogP contribution in [0.4, 0.5) is 8.78 Å². The molecule has 1 aliphatic heterocycles. The normalized spacial score (nSPS) is 18.8. The third-order valence-electron chi connectivity index (χ3n) is 6.89. The molecule has 3 rings (SSSR count). The number of hydrogen-bond acceptors (Lipinski definition) is 6. The van der Waals surface area contributed by atoms with Crippen LogP contribution in [0, 0.1) is 5.92 Å². The fraction of sp³-hybridized carbons (Fsp3) is 0.533. The highest BCUT2D eigenvalue weighted by Gasteiger charge is 2.41. The molecule has 3 atom stereocenters. The summed E-state index contributed by atoms with van der Waals surface area (Å²) in [5.41, 5.74) is 5.85. The maximum Gasteiger partial charge on any atom is 0.345 e. The Morgan fingerprint density at radius 3 is 2.50 bits per heavy atom. The molecular formula is C30H40ClF2N4O5+. The van der Waals surface area contributed by atoms with Crippen LogP contribution in [0.5, 0.6) is 0 Å². The number of esters is 1. The van der Waals surface area contributed by atoms with Gasteiger partial charge in [-0.1, -0.05) is 29.8 Å². The quantitative estimate of drug-likeness (QED) is 0.356. The Labute approximate surface area is 250 Å². The predicted octanol–water partition coefficient (Wildman–Crippen LogP) is 3.33. The number of H-pyrrole nitrogens is 1. The van der Waals surface area contributed by atoms with Crippen molar-refractivity contribution < 1.29 is 37.6 Å². The van der Waals surface area contributed by atoms with Gasteiger partial charge in [-0.05, 0) is 57.7 Å². The molecule has 0 saturated carbocycles. The monoisotopic (exact) mass is 609 g/mol. The first kappa shape index (κ1) is 33.4. The molecule has 2 aromatic rings. The summed E-state index contributed by atoms with van der Waals surface area (Å²) in [6.45, 7) is 2.13. The topological polar surface area (TPSA) is 125 Å². The van der Waals surface area contributed by atoms with E-state index in [1.807, 2.05) is 30.3 Å². The summed E-state index contributed by atoms with van der Waals surface area (Å²) >= 11 is 6.07. The number of likely N-dealkylation sites (tertiary alicyclic amines) is 1. The zero-order valence-corrected chi connectivity index (χ0v) is 25.0. The average Bonchev–Trinajstić information content (AvgIpc) is 2.91. The number of aromatic nitrogens is 1. The van der Waals surface area contributed by atoms with Gasteiger partial charge in [0, 0.05) is 36.7 Å². The molecule has 2 amide bonds. The van der Waals surface area contributed by atoms with Gasteiger partial charge in [-0.25, -0.2) is 4.98 Å². The number of carbonyl (C=O) groups is 3. The Balaban J connectivity index is 1.86. The second-order valence-electron chi connectivity index (χ2n) is 11.7. The van der Waals surface area contributed by atoms with E-state index in [4.69, 9.17) is 22.1 Å². The largest absolute Gasteiger partial charge is 0.460 e. The zero-order chi connectivity index (χ0) is 30.9. The highest BCUT2D eigenvalue weighted by atomic mass is 35.5. The molecule has 0 unspecified atom stereocenters. The first-order valence-corrected chi connectivity index (χ1v) is 14.3. The average molecular weight is 610 g/mol. The number of hydrogen-bond donors (Lipinski definition) is 2. The number of alkyl halides is 2. The Kier molecular flexibility index (Phi) is 11.8. The maximum atomic E-state index is 14.0. The van der Waals surface area contributed by atoms with Crippen molar-refractivity contribution in [2.75, 3.05) is 19.7 Å². The number of nitrogens with zero attached hydrogens (tertiary/aromatic N) is 1. The minimum atomic E-state index is -3.06. The van der Waals surface area contributed by atoms with Gasteiger partial charge in [0.2, 0.25) is 11.8 Å². The van der Waals surface area contributed by atoms with Gasteiger partial charge in [-0.3, -0.25) is 14.4 Å². The molecule has 0 bridgehead atoms. The first-order chi connectivity index (χ1) is 19.7. The number of aromatic amines is 1. The third-order valence-corrected chi connectivity index (χ3v) is 7.15. The number of amides is 2. The van der Waals surface area contributed by atoms with E-state index in [1.165, 1.54) is 0 Å². The highest BCUT2D eigenvalue weighted by Crippen LogP contribution is 2.29. The van der Waals surface area contributed by atoms with Crippen LogP contribution >= 0.6 is 11.6 Å². The van der Waals surface area contributed by atoms with E-state index in [2.05, 4.69) is 15.0 Å². The third kappa shape index (κ3) is 10.6. The Hall–Kier alpha value is -3.15. The zero-order valence-electron chi connectivity index (χ0n) is 24.2. The van der Waals surface area contributed by atoms with Crippen LogP contribution in [0.25, 0.3) is 0 Å². The van der Waals surface area contributed by atoms with Crippen LogP contribution in [0.3, 0.4) is 0 Å².